The van der Waals surface area contributed by atoms with E-state index in [1.165, 1.54) is 24.8 Å². The van der Waals surface area contributed by atoms with Crippen LogP contribution in [0.15, 0.2) is 28.7 Å². The van der Waals surface area contributed by atoms with Gasteiger partial charge >= 0.3 is 0 Å². The third kappa shape index (κ3) is 6.58. The zero-order valence-corrected chi connectivity index (χ0v) is 14.0. The summed E-state index contributed by atoms with van der Waals surface area (Å²) in [6.45, 7) is 6.44. The second kappa shape index (κ2) is 8.06. The number of hydrogen-bond acceptors (Lipinski definition) is 1. The smallest absolute Gasteiger partial charge is 0.0662 e. The van der Waals surface area contributed by atoms with E-state index >= 15 is 0 Å². The molecule has 0 fully saturated rings. The Kier molecular flexibility index (Phi) is 7.09. The highest BCUT2D eigenvalue weighted by atomic mass is 79.9. The van der Waals surface area contributed by atoms with Crippen molar-refractivity contribution in [3.8, 4) is 0 Å². The van der Waals surface area contributed by atoms with Crippen molar-refractivity contribution in [3.63, 3.8) is 0 Å². The van der Waals surface area contributed by atoms with Crippen molar-refractivity contribution in [2.75, 3.05) is 0 Å². The highest BCUT2D eigenvalue weighted by Gasteiger charge is 2.24. The maximum atomic E-state index is 10.6. The summed E-state index contributed by atoms with van der Waals surface area (Å²) in [4.78, 5) is 0. The molecule has 0 amide bonds. The minimum absolute atomic E-state index is 0.595. The van der Waals surface area contributed by atoms with Crippen LogP contribution in [-0.2, 0) is 6.42 Å². The first-order valence-corrected chi connectivity index (χ1v) is 8.23. The fourth-order valence-electron chi connectivity index (χ4n) is 2.68. The maximum Gasteiger partial charge on any atom is 0.0662 e. The van der Waals surface area contributed by atoms with Gasteiger partial charge < -0.3 is 5.11 Å². The quantitative estimate of drug-likeness (QED) is 0.682. The van der Waals surface area contributed by atoms with Crippen molar-refractivity contribution in [1.29, 1.82) is 0 Å². The molecule has 2 atom stereocenters. The van der Waals surface area contributed by atoms with Gasteiger partial charge in [0.2, 0.25) is 0 Å². The Morgan fingerprint density at radius 2 is 1.84 bits per heavy atom. The van der Waals surface area contributed by atoms with Gasteiger partial charge in [0.25, 0.3) is 0 Å². The molecule has 0 spiro atoms. The van der Waals surface area contributed by atoms with E-state index in [1.807, 2.05) is 19.1 Å². The van der Waals surface area contributed by atoms with Crippen LogP contribution < -0.4 is 0 Å². The van der Waals surface area contributed by atoms with Crippen LogP contribution in [0.2, 0.25) is 0 Å². The third-order valence-corrected chi connectivity index (χ3v) is 4.30. The summed E-state index contributed by atoms with van der Waals surface area (Å²) in [7, 11) is 0. The van der Waals surface area contributed by atoms with Crippen molar-refractivity contribution in [3.05, 3.63) is 34.3 Å². The van der Waals surface area contributed by atoms with Crippen molar-refractivity contribution >= 4 is 15.9 Å². The predicted molar refractivity (Wildman–Crippen MR) is 86.4 cm³/mol. The first kappa shape index (κ1) is 16.7. The van der Waals surface area contributed by atoms with Crippen molar-refractivity contribution in [2.24, 2.45) is 5.92 Å². The Morgan fingerprint density at radius 3 is 2.37 bits per heavy atom. The Balaban J connectivity index is 2.56. The molecule has 1 aromatic rings. The topological polar surface area (TPSA) is 20.2 Å². The van der Waals surface area contributed by atoms with E-state index in [0.29, 0.717) is 5.92 Å². The molecular weight excluding hydrogens is 300 g/mol. The number of benzene rings is 1. The lowest BCUT2D eigenvalue weighted by Gasteiger charge is -2.28. The zero-order chi connectivity index (χ0) is 14.3. The molecule has 0 aliphatic carbocycles. The van der Waals surface area contributed by atoms with E-state index in [2.05, 4.69) is 41.9 Å². The molecule has 1 aromatic carbocycles. The van der Waals surface area contributed by atoms with Gasteiger partial charge in [-0.2, -0.15) is 0 Å². The Labute approximate surface area is 126 Å². The van der Waals surface area contributed by atoms with E-state index in [1.54, 1.807) is 0 Å². The standard InChI is InChI=1S/C17H27BrO/c1-4-6-7-14(5-2)12-17(3,19)13-15-8-10-16(18)11-9-15/h8-11,14,19H,4-7,12-13H2,1-3H3. The maximum absolute atomic E-state index is 10.6. The first-order valence-electron chi connectivity index (χ1n) is 7.43. The predicted octanol–water partition coefficient (Wildman–Crippen LogP) is 5.35. The van der Waals surface area contributed by atoms with E-state index in [-0.39, 0.29) is 0 Å². The molecule has 1 N–H and O–H groups in total. The molecular formula is C17H27BrO. The number of hydrogen-bond donors (Lipinski definition) is 1. The molecule has 1 nitrogen and oxygen atoms in total. The largest absolute Gasteiger partial charge is 0.390 e. The molecule has 0 aromatic heterocycles. The number of aliphatic hydroxyl groups is 1. The molecule has 0 saturated carbocycles. The Hall–Kier alpha value is -0.340. The normalized spacial score (nSPS) is 16.1. The summed E-state index contributed by atoms with van der Waals surface area (Å²) in [5.74, 6) is 0.644. The fourth-order valence-corrected chi connectivity index (χ4v) is 2.94. The summed E-state index contributed by atoms with van der Waals surface area (Å²) in [5.41, 5.74) is 0.612. The molecule has 0 heterocycles. The van der Waals surface area contributed by atoms with Gasteiger partial charge in [0, 0.05) is 10.9 Å². The lowest BCUT2D eigenvalue weighted by atomic mass is 9.83. The highest BCUT2D eigenvalue weighted by molar-refractivity contribution is 9.10. The van der Waals surface area contributed by atoms with Gasteiger partial charge in [0.05, 0.1) is 5.60 Å². The minimum Gasteiger partial charge on any atom is -0.390 e. The van der Waals surface area contributed by atoms with E-state index < -0.39 is 5.60 Å². The first-order chi connectivity index (χ1) is 8.96. The summed E-state index contributed by atoms with van der Waals surface area (Å²) >= 11 is 3.44. The minimum atomic E-state index is -0.595. The Bertz CT molecular complexity index is 356. The van der Waals surface area contributed by atoms with Crippen LogP contribution >= 0.6 is 15.9 Å². The van der Waals surface area contributed by atoms with Crippen LogP contribution in [0, 0.1) is 5.92 Å². The SMILES string of the molecule is CCCCC(CC)CC(C)(O)Cc1ccc(Br)cc1. The van der Waals surface area contributed by atoms with Gasteiger partial charge in [-0.25, -0.2) is 0 Å². The number of halogens is 1. The molecule has 1 rings (SSSR count). The molecule has 0 radical (unpaired) electrons. The molecule has 108 valence electrons. The van der Waals surface area contributed by atoms with Crippen LogP contribution in [0.4, 0.5) is 0 Å². The second-order valence-corrected chi connectivity index (χ2v) is 6.84. The molecule has 2 unspecified atom stereocenters. The van der Waals surface area contributed by atoms with Crippen LogP contribution in [0.25, 0.3) is 0 Å². The molecule has 0 aliphatic heterocycles. The van der Waals surface area contributed by atoms with Gasteiger partial charge in [-0.05, 0) is 37.0 Å². The van der Waals surface area contributed by atoms with Gasteiger partial charge in [-0.15, -0.1) is 0 Å². The summed E-state index contributed by atoms with van der Waals surface area (Å²) < 4.78 is 1.09. The molecule has 2 heteroatoms. The van der Waals surface area contributed by atoms with E-state index in [4.69, 9.17) is 0 Å². The summed E-state index contributed by atoms with van der Waals surface area (Å²) in [5, 5.41) is 10.6. The van der Waals surface area contributed by atoms with Crippen LogP contribution in [0.3, 0.4) is 0 Å². The molecule has 19 heavy (non-hydrogen) atoms. The molecule has 0 bridgehead atoms. The second-order valence-electron chi connectivity index (χ2n) is 5.92. The average molecular weight is 327 g/mol. The van der Waals surface area contributed by atoms with Gasteiger partial charge in [0.15, 0.2) is 0 Å². The molecule has 0 saturated heterocycles. The van der Waals surface area contributed by atoms with Crippen LogP contribution in [-0.4, -0.2) is 10.7 Å². The number of unbranched alkanes of at least 4 members (excludes halogenated alkanes) is 1. The van der Waals surface area contributed by atoms with Crippen LogP contribution in [0.1, 0.15) is 58.4 Å². The van der Waals surface area contributed by atoms with Gasteiger partial charge in [-0.1, -0.05) is 67.6 Å². The lowest BCUT2D eigenvalue weighted by Crippen LogP contribution is -2.30. The molecule has 0 aliphatic rings. The third-order valence-electron chi connectivity index (χ3n) is 3.77. The zero-order valence-electron chi connectivity index (χ0n) is 12.5. The van der Waals surface area contributed by atoms with Crippen LogP contribution in [0.5, 0.6) is 0 Å². The van der Waals surface area contributed by atoms with Gasteiger partial charge in [-0.3, -0.25) is 0 Å². The number of rotatable bonds is 8. The lowest BCUT2D eigenvalue weighted by molar-refractivity contribution is 0.0316. The van der Waals surface area contributed by atoms with Gasteiger partial charge in [0.1, 0.15) is 0 Å². The van der Waals surface area contributed by atoms with Crippen molar-refractivity contribution in [1.82, 2.24) is 0 Å². The van der Waals surface area contributed by atoms with E-state index in [0.717, 1.165) is 23.7 Å². The average Bonchev–Trinajstić information content (AvgIpc) is 2.37. The fraction of sp³-hybridized carbons (Fsp3) is 0.647. The summed E-state index contributed by atoms with van der Waals surface area (Å²) in [6, 6.07) is 8.26. The van der Waals surface area contributed by atoms with Crippen molar-refractivity contribution < 1.29 is 5.11 Å². The monoisotopic (exact) mass is 326 g/mol. The van der Waals surface area contributed by atoms with Crippen molar-refractivity contribution in [2.45, 2.75) is 64.9 Å². The van der Waals surface area contributed by atoms with E-state index in [9.17, 15) is 5.11 Å². The summed E-state index contributed by atoms with van der Waals surface area (Å²) in [6.07, 6.45) is 6.56. The Morgan fingerprint density at radius 1 is 1.21 bits per heavy atom. The highest BCUT2D eigenvalue weighted by Crippen LogP contribution is 2.27.